The molecule has 0 aliphatic carbocycles. The molecule has 3 heterocycles. The molecule has 1 atom stereocenters. The first kappa shape index (κ1) is 27.1. The van der Waals surface area contributed by atoms with E-state index in [1.165, 1.54) is 24.3 Å². The number of pyridine rings is 1. The van der Waals surface area contributed by atoms with Crippen LogP contribution in [0, 0.1) is 11.6 Å². The van der Waals surface area contributed by atoms with E-state index in [1.807, 2.05) is 25.7 Å². The molecule has 0 spiro atoms. The van der Waals surface area contributed by atoms with Gasteiger partial charge in [-0.15, -0.1) is 0 Å². The van der Waals surface area contributed by atoms with E-state index >= 15 is 0 Å². The minimum Gasteiger partial charge on any atom is -0.444 e. The number of fused-ring (bicyclic) bond motifs is 1. The Morgan fingerprint density at radius 2 is 1.85 bits per heavy atom. The predicted octanol–water partition coefficient (Wildman–Crippen LogP) is 6.07. The number of carbonyl (C=O) groups is 2. The minimum absolute atomic E-state index is 0.230. The number of hydrogen-bond donors (Lipinski definition) is 2. The zero-order chi connectivity index (χ0) is 28.4. The molecule has 4 aromatic rings. The number of nitrogens with one attached hydrogen (secondary N) is 2. The summed E-state index contributed by atoms with van der Waals surface area (Å²) < 4.78 is 34.9. The Bertz CT molecular complexity index is 1550. The molecule has 0 saturated carbocycles. The minimum atomic E-state index is -0.594. The number of carbonyl (C=O) groups excluding carboxylic acids is 2. The van der Waals surface area contributed by atoms with Crippen molar-refractivity contribution in [2.75, 3.05) is 16.8 Å². The third-order valence-electron chi connectivity index (χ3n) is 6.56. The average molecular weight is 548 g/mol. The van der Waals surface area contributed by atoms with Gasteiger partial charge in [0.1, 0.15) is 34.9 Å². The van der Waals surface area contributed by atoms with Gasteiger partial charge in [0.15, 0.2) is 0 Å². The molecule has 0 bridgehead atoms. The van der Waals surface area contributed by atoms with Crippen molar-refractivity contribution in [3.63, 3.8) is 0 Å². The van der Waals surface area contributed by atoms with Crippen molar-refractivity contribution in [3.05, 3.63) is 89.8 Å². The lowest BCUT2D eigenvalue weighted by Gasteiger charge is -2.28. The van der Waals surface area contributed by atoms with Gasteiger partial charge < -0.3 is 24.8 Å². The zero-order valence-electron chi connectivity index (χ0n) is 22.6. The molecule has 1 fully saturated rings. The van der Waals surface area contributed by atoms with Crippen molar-refractivity contribution >= 4 is 34.4 Å². The van der Waals surface area contributed by atoms with Crippen LogP contribution >= 0.6 is 0 Å². The third-order valence-corrected chi connectivity index (χ3v) is 6.56. The third kappa shape index (κ3) is 6.22. The molecular formula is C30H31F2N5O3. The van der Waals surface area contributed by atoms with Gasteiger partial charge in [-0.1, -0.05) is 12.1 Å². The smallest absolute Gasteiger partial charge is 0.409 e. The number of anilines is 2. The standard InChI is InChI=1S/C30H31F2N5O3/c1-30(2,3)40-29(39)35-27-8-5-13-36(27)26-12-10-23(17-33-26)34-28(38)25-16-20-15-22(32)9-11-24(20)37(25)18-19-6-4-7-21(31)14-19/h4,6-7,9-12,14-17,27H,5,8,13,18H2,1-3H3,(H,34,38)(H,35,39). The summed E-state index contributed by atoms with van der Waals surface area (Å²) in [5.74, 6) is -0.539. The van der Waals surface area contributed by atoms with Gasteiger partial charge in [0, 0.05) is 24.0 Å². The number of rotatable bonds is 6. The van der Waals surface area contributed by atoms with Crippen LogP contribution in [-0.2, 0) is 11.3 Å². The van der Waals surface area contributed by atoms with Crippen LogP contribution in [0.2, 0.25) is 0 Å². The van der Waals surface area contributed by atoms with E-state index in [4.69, 9.17) is 4.74 Å². The lowest BCUT2D eigenvalue weighted by Crippen LogP contribution is -2.46. The van der Waals surface area contributed by atoms with Gasteiger partial charge >= 0.3 is 6.09 Å². The van der Waals surface area contributed by atoms with E-state index < -0.39 is 23.4 Å². The molecule has 2 amide bonds. The molecule has 5 rings (SSSR count). The molecule has 40 heavy (non-hydrogen) atoms. The van der Waals surface area contributed by atoms with Crippen LogP contribution in [0.1, 0.15) is 49.7 Å². The number of alkyl carbamates (subject to hydrolysis) is 1. The fraction of sp³-hybridized carbons (Fsp3) is 0.300. The van der Waals surface area contributed by atoms with E-state index in [1.54, 1.807) is 47.2 Å². The molecule has 2 aromatic heterocycles. The molecule has 208 valence electrons. The Balaban J connectivity index is 1.33. The van der Waals surface area contributed by atoms with Gasteiger partial charge in [0.2, 0.25) is 0 Å². The summed E-state index contributed by atoms with van der Waals surface area (Å²) in [7, 11) is 0. The molecule has 1 unspecified atom stereocenters. The Morgan fingerprint density at radius 1 is 1.05 bits per heavy atom. The SMILES string of the molecule is CC(C)(C)OC(=O)NC1CCCN1c1ccc(NC(=O)c2cc3cc(F)ccc3n2Cc2cccc(F)c2)cn1. The molecule has 2 aromatic carbocycles. The predicted molar refractivity (Wildman–Crippen MR) is 149 cm³/mol. The van der Waals surface area contributed by atoms with Crippen molar-refractivity contribution in [1.29, 1.82) is 0 Å². The molecule has 1 saturated heterocycles. The Kier molecular flexibility index (Phi) is 7.42. The number of aromatic nitrogens is 2. The first-order valence-electron chi connectivity index (χ1n) is 13.1. The van der Waals surface area contributed by atoms with Crippen LogP contribution in [0.5, 0.6) is 0 Å². The molecule has 8 nitrogen and oxygen atoms in total. The van der Waals surface area contributed by atoms with E-state index in [9.17, 15) is 18.4 Å². The normalized spacial score (nSPS) is 15.3. The molecule has 1 aliphatic rings. The summed E-state index contributed by atoms with van der Waals surface area (Å²) >= 11 is 0. The van der Waals surface area contributed by atoms with Crippen LogP contribution in [0.3, 0.4) is 0 Å². The van der Waals surface area contributed by atoms with Crippen molar-refractivity contribution in [2.45, 2.75) is 51.9 Å². The number of nitrogens with zero attached hydrogens (tertiary/aromatic N) is 3. The van der Waals surface area contributed by atoms with Crippen LogP contribution in [0.25, 0.3) is 10.9 Å². The van der Waals surface area contributed by atoms with E-state index in [0.717, 1.165) is 19.4 Å². The summed E-state index contributed by atoms with van der Waals surface area (Å²) in [4.78, 5) is 32.2. The van der Waals surface area contributed by atoms with Crippen molar-refractivity contribution < 1.29 is 23.1 Å². The summed E-state index contributed by atoms with van der Waals surface area (Å²) in [6.45, 7) is 6.39. The molecule has 2 N–H and O–H groups in total. The summed E-state index contributed by atoms with van der Waals surface area (Å²) in [5, 5.41) is 6.32. The Labute approximate surface area is 231 Å². The van der Waals surface area contributed by atoms with Crippen LogP contribution in [-0.4, -0.2) is 39.9 Å². The summed E-state index contributed by atoms with van der Waals surface area (Å²) in [6, 6.07) is 15.6. The first-order chi connectivity index (χ1) is 19.1. The highest BCUT2D eigenvalue weighted by Gasteiger charge is 2.29. The van der Waals surface area contributed by atoms with Gasteiger partial charge in [-0.25, -0.2) is 18.6 Å². The van der Waals surface area contributed by atoms with Gasteiger partial charge in [-0.3, -0.25) is 4.79 Å². The van der Waals surface area contributed by atoms with Gasteiger partial charge in [0.05, 0.1) is 11.9 Å². The molecule has 10 heteroatoms. The summed E-state index contributed by atoms with van der Waals surface area (Å²) in [6.07, 6.45) is 2.46. The highest BCUT2D eigenvalue weighted by molar-refractivity contribution is 6.06. The monoisotopic (exact) mass is 547 g/mol. The second kappa shape index (κ2) is 11.0. The zero-order valence-corrected chi connectivity index (χ0v) is 22.6. The van der Waals surface area contributed by atoms with E-state index in [-0.39, 0.29) is 18.5 Å². The van der Waals surface area contributed by atoms with E-state index in [0.29, 0.717) is 33.7 Å². The van der Waals surface area contributed by atoms with Crippen LogP contribution in [0.15, 0.2) is 66.9 Å². The van der Waals surface area contributed by atoms with Crippen LogP contribution in [0.4, 0.5) is 25.1 Å². The van der Waals surface area contributed by atoms with E-state index in [2.05, 4.69) is 15.6 Å². The fourth-order valence-corrected chi connectivity index (χ4v) is 4.88. The molecule has 1 aliphatic heterocycles. The van der Waals surface area contributed by atoms with Crippen LogP contribution < -0.4 is 15.5 Å². The second-order valence-corrected chi connectivity index (χ2v) is 10.8. The lowest BCUT2D eigenvalue weighted by molar-refractivity contribution is 0.0506. The highest BCUT2D eigenvalue weighted by Crippen LogP contribution is 2.26. The van der Waals surface area contributed by atoms with Gasteiger partial charge in [-0.05, 0) is 87.7 Å². The number of amides is 2. The maximum Gasteiger partial charge on any atom is 0.409 e. The largest absolute Gasteiger partial charge is 0.444 e. The fourth-order valence-electron chi connectivity index (χ4n) is 4.88. The maximum absolute atomic E-state index is 13.9. The second-order valence-electron chi connectivity index (χ2n) is 10.8. The number of benzene rings is 2. The number of halogens is 2. The molecule has 0 radical (unpaired) electrons. The van der Waals surface area contributed by atoms with Gasteiger partial charge in [-0.2, -0.15) is 0 Å². The Morgan fingerprint density at radius 3 is 2.58 bits per heavy atom. The molecular weight excluding hydrogens is 516 g/mol. The average Bonchev–Trinajstić information content (AvgIpc) is 3.47. The lowest BCUT2D eigenvalue weighted by atomic mass is 10.2. The number of hydrogen-bond acceptors (Lipinski definition) is 5. The van der Waals surface area contributed by atoms with Gasteiger partial charge in [0.25, 0.3) is 5.91 Å². The first-order valence-corrected chi connectivity index (χ1v) is 13.1. The Hall–Kier alpha value is -4.47. The number of ether oxygens (including phenoxy) is 1. The van der Waals surface area contributed by atoms with Crippen molar-refractivity contribution in [1.82, 2.24) is 14.9 Å². The van der Waals surface area contributed by atoms with Crippen molar-refractivity contribution in [3.8, 4) is 0 Å². The maximum atomic E-state index is 13.9. The van der Waals surface area contributed by atoms with Crippen molar-refractivity contribution in [2.24, 2.45) is 0 Å². The highest BCUT2D eigenvalue weighted by atomic mass is 19.1. The summed E-state index contributed by atoms with van der Waals surface area (Å²) in [5.41, 5.74) is 1.50. The topological polar surface area (TPSA) is 88.5 Å². The quantitative estimate of drug-likeness (QED) is 0.306.